The highest BCUT2D eigenvalue weighted by molar-refractivity contribution is 5.99. The van der Waals surface area contributed by atoms with Crippen LogP contribution >= 0.6 is 0 Å². The monoisotopic (exact) mass is 315 g/mol. The Morgan fingerprint density at radius 1 is 1.35 bits per heavy atom. The minimum atomic E-state index is -0.233. The molecule has 0 aliphatic carbocycles. The lowest BCUT2D eigenvalue weighted by Crippen LogP contribution is -2.24. The van der Waals surface area contributed by atoms with Crippen molar-refractivity contribution in [3.05, 3.63) is 47.4 Å². The van der Waals surface area contributed by atoms with Gasteiger partial charge in [-0.1, -0.05) is 0 Å². The fourth-order valence-corrected chi connectivity index (χ4v) is 2.12. The highest BCUT2D eigenvalue weighted by Gasteiger charge is 2.13. The molecule has 0 unspecified atom stereocenters. The molecule has 2 rings (SSSR count). The normalized spacial score (nSPS) is 10.7. The second kappa shape index (κ2) is 7.09. The van der Waals surface area contributed by atoms with Crippen LogP contribution in [0, 0.1) is 0 Å². The first-order chi connectivity index (χ1) is 10.9. The Labute approximate surface area is 135 Å². The number of amides is 1. The Morgan fingerprint density at radius 3 is 2.70 bits per heavy atom. The quantitative estimate of drug-likeness (QED) is 0.830. The molecule has 0 atom stereocenters. The summed E-state index contributed by atoms with van der Waals surface area (Å²) in [5.41, 5.74) is 1.86. The Hall–Kier alpha value is -2.63. The number of nitrogens with zero attached hydrogens (tertiary/aromatic N) is 2. The molecule has 0 spiro atoms. The van der Waals surface area contributed by atoms with Gasteiger partial charge >= 0.3 is 0 Å². The molecular formula is C17H21N3O3. The van der Waals surface area contributed by atoms with E-state index in [1.165, 1.54) is 6.92 Å². The Morgan fingerprint density at radius 2 is 2.09 bits per heavy atom. The van der Waals surface area contributed by atoms with Gasteiger partial charge in [-0.15, -0.1) is 0 Å². The smallest absolute Gasteiger partial charge is 0.268 e. The van der Waals surface area contributed by atoms with Gasteiger partial charge in [0, 0.05) is 37.6 Å². The van der Waals surface area contributed by atoms with Crippen LogP contribution in [0.4, 0.5) is 0 Å². The van der Waals surface area contributed by atoms with E-state index < -0.39 is 0 Å². The van der Waals surface area contributed by atoms with Crippen LogP contribution in [0.15, 0.2) is 30.6 Å². The van der Waals surface area contributed by atoms with Crippen LogP contribution in [0.1, 0.15) is 47.2 Å². The van der Waals surface area contributed by atoms with E-state index in [2.05, 4.69) is 10.3 Å². The first kappa shape index (κ1) is 16.7. The number of hydrogen-bond donors (Lipinski definition) is 1. The predicted octanol–water partition coefficient (Wildman–Crippen LogP) is 2.34. The number of ketones is 1. The van der Waals surface area contributed by atoms with Crippen molar-refractivity contribution in [1.29, 1.82) is 0 Å². The molecule has 122 valence electrons. The summed E-state index contributed by atoms with van der Waals surface area (Å²) in [7, 11) is 1.74. The first-order valence-electron chi connectivity index (χ1n) is 7.44. The van der Waals surface area contributed by atoms with E-state index in [0.717, 1.165) is 5.56 Å². The van der Waals surface area contributed by atoms with E-state index in [9.17, 15) is 9.59 Å². The van der Waals surface area contributed by atoms with Gasteiger partial charge in [0.2, 0.25) is 5.88 Å². The number of ether oxygens (including phenoxy) is 1. The molecule has 6 heteroatoms. The maximum atomic E-state index is 12.2. The van der Waals surface area contributed by atoms with Crippen molar-refractivity contribution in [2.75, 3.05) is 0 Å². The summed E-state index contributed by atoms with van der Waals surface area (Å²) in [6.07, 6.45) is 3.34. The number of carbonyl (C=O) groups excluding carboxylic acids is 2. The number of Topliss-reactive ketones (excluding diaryl/α,β-unsaturated/α-hetero) is 1. The molecule has 0 aliphatic rings. The third-order valence-corrected chi connectivity index (χ3v) is 3.25. The summed E-state index contributed by atoms with van der Waals surface area (Å²) < 4.78 is 7.17. The van der Waals surface area contributed by atoms with Crippen molar-refractivity contribution in [3.63, 3.8) is 0 Å². The van der Waals surface area contributed by atoms with Gasteiger partial charge in [-0.3, -0.25) is 9.59 Å². The molecular weight excluding hydrogens is 294 g/mol. The van der Waals surface area contributed by atoms with Gasteiger partial charge in [0.15, 0.2) is 5.78 Å². The zero-order chi connectivity index (χ0) is 17.0. The van der Waals surface area contributed by atoms with E-state index in [1.54, 1.807) is 36.1 Å². The fourth-order valence-electron chi connectivity index (χ4n) is 2.12. The zero-order valence-electron chi connectivity index (χ0n) is 13.8. The summed E-state index contributed by atoms with van der Waals surface area (Å²) in [5.74, 6) is 0.233. The first-order valence-corrected chi connectivity index (χ1v) is 7.44. The van der Waals surface area contributed by atoms with Gasteiger partial charge in [0.1, 0.15) is 5.69 Å². The summed E-state index contributed by atoms with van der Waals surface area (Å²) in [6.45, 7) is 5.69. The third-order valence-electron chi connectivity index (χ3n) is 3.25. The van der Waals surface area contributed by atoms with E-state index >= 15 is 0 Å². The summed E-state index contributed by atoms with van der Waals surface area (Å²) in [6, 6.07) is 5.21. The van der Waals surface area contributed by atoms with Crippen LogP contribution in [0.3, 0.4) is 0 Å². The summed E-state index contributed by atoms with van der Waals surface area (Å²) in [4.78, 5) is 27.7. The Kier molecular flexibility index (Phi) is 5.16. The number of pyridine rings is 1. The third kappa shape index (κ3) is 4.42. The molecule has 0 saturated heterocycles. The van der Waals surface area contributed by atoms with Crippen LogP contribution in [-0.2, 0) is 13.6 Å². The average molecular weight is 315 g/mol. The molecule has 6 nitrogen and oxygen atoms in total. The lowest BCUT2D eigenvalue weighted by Gasteiger charge is -2.10. The second-order valence-corrected chi connectivity index (χ2v) is 5.63. The molecule has 0 bridgehead atoms. The molecule has 0 radical (unpaired) electrons. The molecule has 2 heterocycles. The van der Waals surface area contributed by atoms with E-state index in [4.69, 9.17) is 4.74 Å². The standard InChI is InChI=1S/C17H21N3O3/c1-11(2)23-16-7-13(5-6-18-16)9-19-17(22)15-8-14(12(3)21)10-20(15)4/h5-8,10-11H,9H2,1-4H3,(H,19,22). The van der Waals surface area contributed by atoms with Crippen molar-refractivity contribution in [2.45, 2.75) is 33.4 Å². The molecule has 23 heavy (non-hydrogen) atoms. The topological polar surface area (TPSA) is 73.2 Å². The van der Waals surface area contributed by atoms with Crippen molar-refractivity contribution >= 4 is 11.7 Å². The molecule has 1 N–H and O–H groups in total. The van der Waals surface area contributed by atoms with E-state index in [-0.39, 0.29) is 17.8 Å². The predicted molar refractivity (Wildman–Crippen MR) is 86.6 cm³/mol. The number of aromatic nitrogens is 2. The maximum absolute atomic E-state index is 12.2. The van der Waals surface area contributed by atoms with Crippen molar-refractivity contribution < 1.29 is 14.3 Å². The number of rotatable bonds is 6. The fraction of sp³-hybridized carbons (Fsp3) is 0.353. The van der Waals surface area contributed by atoms with Crippen LogP contribution < -0.4 is 10.1 Å². The number of aryl methyl sites for hydroxylation is 1. The second-order valence-electron chi connectivity index (χ2n) is 5.63. The van der Waals surface area contributed by atoms with Crippen molar-refractivity contribution in [2.24, 2.45) is 7.05 Å². The maximum Gasteiger partial charge on any atom is 0.268 e. The van der Waals surface area contributed by atoms with Gasteiger partial charge in [-0.05, 0) is 38.5 Å². The van der Waals surface area contributed by atoms with Crippen LogP contribution in [0.25, 0.3) is 0 Å². The number of carbonyl (C=O) groups is 2. The van der Waals surface area contributed by atoms with Gasteiger partial charge in [0.25, 0.3) is 5.91 Å². The molecule has 0 saturated carbocycles. The van der Waals surface area contributed by atoms with Gasteiger partial charge in [-0.2, -0.15) is 0 Å². The van der Waals surface area contributed by atoms with Crippen LogP contribution in [0.5, 0.6) is 5.88 Å². The highest BCUT2D eigenvalue weighted by atomic mass is 16.5. The summed E-state index contributed by atoms with van der Waals surface area (Å²) >= 11 is 0. The minimum absolute atomic E-state index is 0.0423. The van der Waals surface area contributed by atoms with Gasteiger partial charge in [-0.25, -0.2) is 4.98 Å². The number of hydrogen-bond acceptors (Lipinski definition) is 4. The van der Waals surface area contributed by atoms with Crippen molar-refractivity contribution in [3.8, 4) is 5.88 Å². The van der Waals surface area contributed by atoms with Gasteiger partial charge in [0.05, 0.1) is 6.10 Å². The van der Waals surface area contributed by atoms with Gasteiger partial charge < -0.3 is 14.6 Å². The minimum Gasteiger partial charge on any atom is -0.475 e. The molecule has 2 aromatic rings. The lowest BCUT2D eigenvalue weighted by atomic mass is 10.2. The highest BCUT2D eigenvalue weighted by Crippen LogP contribution is 2.12. The van der Waals surface area contributed by atoms with Crippen LogP contribution in [-0.4, -0.2) is 27.3 Å². The molecule has 0 aliphatic heterocycles. The number of nitrogens with one attached hydrogen (secondary N) is 1. The van der Waals surface area contributed by atoms with Crippen molar-refractivity contribution in [1.82, 2.24) is 14.9 Å². The van der Waals surface area contributed by atoms with Crippen LogP contribution in [0.2, 0.25) is 0 Å². The molecule has 2 aromatic heterocycles. The van der Waals surface area contributed by atoms with E-state index in [1.807, 2.05) is 19.9 Å². The summed E-state index contributed by atoms with van der Waals surface area (Å²) in [5, 5.41) is 2.83. The largest absolute Gasteiger partial charge is 0.475 e. The molecule has 1 amide bonds. The zero-order valence-corrected chi connectivity index (χ0v) is 13.8. The average Bonchev–Trinajstić information content (AvgIpc) is 2.87. The molecule has 0 aromatic carbocycles. The Balaban J connectivity index is 2.03. The molecule has 0 fully saturated rings. The van der Waals surface area contributed by atoms with E-state index in [0.29, 0.717) is 23.7 Å². The SMILES string of the molecule is CC(=O)c1cc(C(=O)NCc2ccnc(OC(C)C)c2)n(C)c1. The lowest BCUT2D eigenvalue weighted by molar-refractivity contribution is 0.0942. The Bertz CT molecular complexity index is 720.